The molecule has 1 amide bonds. The monoisotopic (exact) mass is 201 g/mol. The molecule has 2 aliphatic heterocycles. The van der Waals surface area contributed by atoms with Crippen LogP contribution in [0.1, 0.15) is 12.8 Å². The van der Waals surface area contributed by atoms with E-state index in [1.807, 2.05) is 0 Å². The Hall–Kier alpha value is -0.680. The van der Waals surface area contributed by atoms with Crippen molar-refractivity contribution in [2.45, 2.75) is 31.1 Å². The maximum absolute atomic E-state index is 12.8. The molecule has 2 heterocycles. The summed E-state index contributed by atoms with van der Waals surface area (Å²) in [4.78, 5) is 13.5. The molecule has 0 aromatic carbocycles. The Bertz CT molecular complexity index is 214. The van der Waals surface area contributed by atoms with Crippen LogP contribution in [0.4, 0.5) is 4.39 Å². The topological polar surface area (TPSA) is 58.4 Å². The molecule has 3 atom stereocenters. The van der Waals surface area contributed by atoms with Crippen LogP contribution in [0, 0.1) is 0 Å². The molecule has 2 rings (SSSR count). The molecule has 0 radical (unpaired) electrons. The molecule has 2 saturated heterocycles. The van der Waals surface area contributed by atoms with Crippen molar-refractivity contribution in [1.82, 2.24) is 10.2 Å². The van der Waals surface area contributed by atoms with Crippen molar-refractivity contribution in [2.24, 2.45) is 5.73 Å². The molecular formula is C9H16FN3O. The van der Waals surface area contributed by atoms with E-state index in [9.17, 15) is 9.18 Å². The van der Waals surface area contributed by atoms with E-state index in [-0.39, 0.29) is 18.0 Å². The number of hydrogen-bond acceptors (Lipinski definition) is 3. The largest absolute Gasteiger partial charge is 0.340 e. The standard InChI is InChI=1S/C9H16FN3O/c10-6-3-8(12-4-6)9(14)13-2-1-7(11)5-13/h6-8,12H,1-5,11H2/t6-,7?,8+/m0/s1. The van der Waals surface area contributed by atoms with Gasteiger partial charge in [-0.15, -0.1) is 0 Å². The fourth-order valence-electron chi connectivity index (χ4n) is 2.09. The van der Waals surface area contributed by atoms with Crippen LogP contribution in [-0.2, 0) is 4.79 Å². The van der Waals surface area contributed by atoms with Gasteiger partial charge in [0.25, 0.3) is 0 Å². The lowest BCUT2D eigenvalue weighted by Crippen LogP contribution is -2.43. The lowest BCUT2D eigenvalue weighted by Gasteiger charge is -2.19. The molecule has 4 nitrogen and oxygen atoms in total. The molecule has 0 aliphatic carbocycles. The predicted molar refractivity (Wildman–Crippen MR) is 50.5 cm³/mol. The molecule has 0 bridgehead atoms. The summed E-state index contributed by atoms with van der Waals surface area (Å²) in [6.45, 7) is 1.64. The van der Waals surface area contributed by atoms with Gasteiger partial charge in [0, 0.05) is 32.1 Å². The van der Waals surface area contributed by atoms with Crippen molar-refractivity contribution in [3.63, 3.8) is 0 Å². The third-order valence-electron chi connectivity index (χ3n) is 2.91. The van der Waals surface area contributed by atoms with E-state index in [2.05, 4.69) is 5.32 Å². The number of amides is 1. The van der Waals surface area contributed by atoms with Gasteiger partial charge in [0.15, 0.2) is 0 Å². The molecule has 0 aromatic heterocycles. The van der Waals surface area contributed by atoms with Crippen LogP contribution in [0.5, 0.6) is 0 Å². The van der Waals surface area contributed by atoms with Crippen LogP contribution in [0.25, 0.3) is 0 Å². The Morgan fingerprint density at radius 1 is 1.57 bits per heavy atom. The van der Waals surface area contributed by atoms with Crippen molar-refractivity contribution in [1.29, 1.82) is 0 Å². The summed E-state index contributed by atoms with van der Waals surface area (Å²) in [6.07, 6.45) is 0.294. The van der Waals surface area contributed by atoms with E-state index in [0.717, 1.165) is 13.0 Å². The molecule has 0 spiro atoms. The minimum atomic E-state index is -0.875. The number of rotatable bonds is 1. The number of nitrogens with one attached hydrogen (secondary N) is 1. The van der Waals surface area contributed by atoms with Gasteiger partial charge in [0.2, 0.25) is 5.91 Å². The first-order valence-corrected chi connectivity index (χ1v) is 5.08. The van der Waals surface area contributed by atoms with Gasteiger partial charge in [-0.05, 0) is 6.42 Å². The predicted octanol–water partition coefficient (Wildman–Crippen LogP) is -0.754. The molecule has 0 aromatic rings. The summed E-state index contributed by atoms with van der Waals surface area (Å²) in [5.74, 6) is 0.0121. The van der Waals surface area contributed by atoms with Gasteiger partial charge >= 0.3 is 0 Å². The minimum absolute atomic E-state index is 0.0121. The molecule has 80 valence electrons. The number of likely N-dealkylation sites (tertiary alicyclic amines) is 1. The molecule has 0 saturated carbocycles. The average molecular weight is 201 g/mol. The average Bonchev–Trinajstić information content (AvgIpc) is 2.73. The van der Waals surface area contributed by atoms with Gasteiger partial charge in [-0.1, -0.05) is 0 Å². The Morgan fingerprint density at radius 2 is 2.36 bits per heavy atom. The van der Waals surface area contributed by atoms with Crippen LogP contribution < -0.4 is 11.1 Å². The zero-order chi connectivity index (χ0) is 10.1. The molecule has 5 heteroatoms. The van der Waals surface area contributed by atoms with Gasteiger partial charge in [0.05, 0.1) is 6.04 Å². The second-order valence-electron chi connectivity index (χ2n) is 4.13. The minimum Gasteiger partial charge on any atom is -0.340 e. The number of carbonyl (C=O) groups is 1. The van der Waals surface area contributed by atoms with Crippen LogP contribution in [0.3, 0.4) is 0 Å². The van der Waals surface area contributed by atoms with Crippen molar-refractivity contribution >= 4 is 5.91 Å². The van der Waals surface area contributed by atoms with Gasteiger partial charge in [-0.2, -0.15) is 0 Å². The normalized spacial score (nSPS) is 37.9. The first-order chi connectivity index (χ1) is 6.66. The van der Waals surface area contributed by atoms with Crippen molar-refractivity contribution < 1.29 is 9.18 Å². The van der Waals surface area contributed by atoms with Crippen molar-refractivity contribution in [3.05, 3.63) is 0 Å². The molecular weight excluding hydrogens is 185 g/mol. The summed E-state index contributed by atoms with van der Waals surface area (Å²) in [7, 11) is 0. The summed E-state index contributed by atoms with van der Waals surface area (Å²) < 4.78 is 12.8. The second-order valence-corrected chi connectivity index (χ2v) is 4.13. The van der Waals surface area contributed by atoms with Gasteiger partial charge in [-0.3, -0.25) is 4.79 Å². The maximum atomic E-state index is 12.8. The SMILES string of the molecule is NC1CCN(C(=O)[C@H]2C[C@H](F)CN2)C1. The maximum Gasteiger partial charge on any atom is 0.239 e. The fraction of sp³-hybridized carbons (Fsp3) is 0.889. The highest BCUT2D eigenvalue weighted by Gasteiger charge is 2.34. The fourth-order valence-corrected chi connectivity index (χ4v) is 2.09. The number of nitrogens with zero attached hydrogens (tertiary/aromatic N) is 1. The van der Waals surface area contributed by atoms with Crippen molar-refractivity contribution in [2.75, 3.05) is 19.6 Å². The molecule has 14 heavy (non-hydrogen) atoms. The zero-order valence-corrected chi connectivity index (χ0v) is 8.08. The van der Waals surface area contributed by atoms with Crippen LogP contribution in [0.2, 0.25) is 0 Å². The lowest BCUT2D eigenvalue weighted by atomic mass is 10.2. The summed E-state index contributed by atoms with van der Waals surface area (Å²) >= 11 is 0. The summed E-state index contributed by atoms with van der Waals surface area (Å²) in [5.41, 5.74) is 5.70. The van der Waals surface area contributed by atoms with Crippen LogP contribution in [0.15, 0.2) is 0 Å². The quantitative estimate of drug-likeness (QED) is 0.586. The van der Waals surface area contributed by atoms with Crippen LogP contribution in [-0.4, -0.2) is 48.7 Å². The Balaban J connectivity index is 1.89. The zero-order valence-electron chi connectivity index (χ0n) is 8.08. The highest BCUT2D eigenvalue weighted by molar-refractivity contribution is 5.82. The first-order valence-electron chi connectivity index (χ1n) is 5.08. The molecule has 1 unspecified atom stereocenters. The third kappa shape index (κ3) is 1.88. The van der Waals surface area contributed by atoms with E-state index in [0.29, 0.717) is 19.5 Å². The number of nitrogens with two attached hydrogens (primary N) is 1. The summed E-state index contributed by atoms with van der Waals surface area (Å²) in [5, 5.41) is 2.89. The third-order valence-corrected chi connectivity index (χ3v) is 2.91. The Labute approximate surface area is 82.6 Å². The van der Waals surface area contributed by atoms with E-state index >= 15 is 0 Å². The molecule has 2 fully saturated rings. The number of carbonyl (C=O) groups excluding carboxylic acids is 1. The van der Waals surface area contributed by atoms with Gasteiger partial charge in [-0.25, -0.2) is 4.39 Å². The smallest absolute Gasteiger partial charge is 0.239 e. The van der Waals surface area contributed by atoms with E-state index < -0.39 is 6.17 Å². The molecule has 2 aliphatic rings. The second kappa shape index (κ2) is 3.82. The summed E-state index contributed by atoms with van der Waals surface area (Å²) in [6, 6.07) is -0.225. The molecule has 3 N–H and O–H groups in total. The number of alkyl halides is 1. The van der Waals surface area contributed by atoms with E-state index in [4.69, 9.17) is 5.73 Å². The highest BCUT2D eigenvalue weighted by atomic mass is 19.1. The first kappa shape index (κ1) is 9.86. The van der Waals surface area contributed by atoms with Crippen LogP contribution >= 0.6 is 0 Å². The highest BCUT2D eigenvalue weighted by Crippen LogP contribution is 2.15. The Morgan fingerprint density at radius 3 is 2.86 bits per heavy atom. The van der Waals surface area contributed by atoms with Gasteiger partial charge < -0.3 is 16.0 Å². The number of halogens is 1. The van der Waals surface area contributed by atoms with E-state index in [1.54, 1.807) is 4.90 Å². The number of hydrogen-bond donors (Lipinski definition) is 2. The Kier molecular flexibility index (Phi) is 2.69. The van der Waals surface area contributed by atoms with E-state index in [1.165, 1.54) is 0 Å². The lowest BCUT2D eigenvalue weighted by molar-refractivity contribution is -0.132. The van der Waals surface area contributed by atoms with Crippen molar-refractivity contribution in [3.8, 4) is 0 Å². The van der Waals surface area contributed by atoms with Gasteiger partial charge in [0.1, 0.15) is 6.17 Å².